The highest BCUT2D eigenvalue weighted by atomic mass is 19.4. The van der Waals surface area contributed by atoms with Gasteiger partial charge in [0, 0.05) is 12.6 Å². The fourth-order valence-corrected chi connectivity index (χ4v) is 1.67. The standard InChI is InChI=1S/C16H19F3N2O2/c1-10(7-13(22)21-9-15(2,3)14(20)23)11-5-4-6-12(8-11)16(17,18)19/h4-8H,9H2,1-3H3,(H2,20,23)(H,21,22). The molecule has 0 heterocycles. The van der Waals surface area contributed by atoms with Crippen LogP contribution in [-0.2, 0) is 15.8 Å². The molecule has 0 bridgehead atoms. The Bertz CT molecular complexity index is 634. The van der Waals surface area contributed by atoms with E-state index in [1.54, 1.807) is 13.8 Å². The number of amides is 2. The summed E-state index contributed by atoms with van der Waals surface area (Å²) in [4.78, 5) is 23.0. The number of halogens is 3. The Morgan fingerprint density at radius 2 is 1.87 bits per heavy atom. The lowest BCUT2D eigenvalue weighted by molar-refractivity contribution is -0.137. The van der Waals surface area contributed by atoms with Crippen LogP contribution in [0.2, 0.25) is 0 Å². The maximum absolute atomic E-state index is 12.7. The minimum absolute atomic E-state index is 0.0353. The predicted molar refractivity (Wildman–Crippen MR) is 81.1 cm³/mol. The summed E-state index contributed by atoms with van der Waals surface area (Å²) >= 11 is 0. The number of nitrogens with two attached hydrogens (primary N) is 1. The van der Waals surface area contributed by atoms with Gasteiger partial charge in [-0.2, -0.15) is 13.2 Å². The topological polar surface area (TPSA) is 72.2 Å². The van der Waals surface area contributed by atoms with Gasteiger partial charge >= 0.3 is 6.18 Å². The number of benzene rings is 1. The van der Waals surface area contributed by atoms with E-state index < -0.39 is 29.0 Å². The number of hydrogen-bond donors (Lipinski definition) is 2. The van der Waals surface area contributed by atoms with E-state index in [4.69, 9.17) is 5.73 Å². The molecular formula is C16H19F3N2O2. The number of hydrogen-bond acceptors (Lipinski definition) is 2. The van der Waals surface area contributed by atoms with Crippen molar-refractivity contribution in [1.29, 1.82) is 0 Å². The Morgan fingerprint density at radius 1 is 1.26 bits per heavy atom. The third-order valence-corrected chi connectivity index (χ3v) is 3.36. The van der Waals surface area contributed by atoms with Crippen molar-refractivity contribution in [2.75, 3.05) is 6.54 Å². The maximum Gasteiger partial charge on any atom is 0.416 e. The Morgan fingerprint density at radius 3 is 2.39 bits per heavy atom. The lowest BCUT2D eigenvalue weighted by Crippen LogP contribution is -2.42. The molecule has 0 radical (unpaired) electrons. The molecule has 0 aliphatic heterocycles. The summed E-state index contributed by atoms with van der Waals surface area (Å²) in [6.45, 7) is 4.74. The lowest BCUT2D eigenvalue weighted by Gasteiger charge is -2.20. The van der Waals surface area contributed by atoms with Crippen LogP contribution in [0.15, 0.2) is 30.3 Å². The first-order chi connectivity index (χ1) is 10.4. The second kappa shape index (κ2) is 6.85. The number of rotatable bonds is 5. The van der Waals surface area contributed by atoms with Gasteiger partial charge in [-0.25, -0.2) is 0 Å². The predicted octanol–water partition coefficient (Wildman–Crippen LogP) is 2.74. The third-order valence-electron chi connectivity index (χ3n) is 3.36. The van der Waals surface area contributed by atoms with Crippen molar-refractivity contribution in [2.24, 2.45) is 11.1 Å². The molecule has 0 atom stereocenters. The summed E-state index contributed by atoms with van der Waals surface area (Å²) < 4.78 is 38.0. The van der Waals surface area contributed by atoms with Gasteiger partial charge in [0.25, 0.3) is 0 Å². The van der Waals surface area contributed by atoms with Crippen molar-refractivity contribution < 1.29 is 22.8 Å². The quantitative estimate of drug-likeness (QED) is 0.816. The van der Waals surface area contributed by atoms with Crippen LogP contribution in [0, 0.1) is 5.41 Å². The van der Waals surface area contributed by atoms with Crippen LogP contribution in [-0.4, -0.2) is 18.4 Å². The normalized spacial score (nSPS) is 12.9. The molecule has 0 saturated heterocycles. The van der Waals surface area contributed by atoms with Crippen LogP contribution in [0.4, 0.5) is 13.2 Å². The van der Waals surface area contributed by atoms with Gasteiger partial charge in [-0.05, 0) is 44.0 Å². The SMILES string of the molecule is CC(=CC(=O)NCC(C)(C)C(N)=O)c1cccc(C(F)(F)F)c1. The van der Waals surface area contributed by atoms with Crippen molar-refractivity contribution in [3.8, 4) is 0 Å². The van der Waals surface area contributed by atoms with Gasteiger partial charge in [0.05, 0.1) is 11.0 Å². The van der Waals surface area contributed by atoms with E-state index in [1.807, 2.05) is 0 Å². The Labute approximate surface area is 132 Å². The number of primary amides is 1. The second-order valence-electron chi connectivity index (χ2n) is 5.87. The number of allylic oxidation sites excluding steroid dienone is 1. The molecule has 23 heavy (non-hydrogen) atoms. The Hall–Kier alpha value is -2.31. The van der Waals surface area contributed by atoms with Crippen molar-refractivity contribution in [1.82, 2.24) is 5.32 Å². The van der Waals surface area contributed by atoms with Crippen LogP contribution in [0.25, 0.3) is 5.57 Å². The summed E-state index contributed by atoms with van der Waals surface area (Å²) in [6.07, 6.45) is -3.25. The minimum Gasteiger partial charge on any atom is -0.369 e. The zero-order valence-corrected chi connectivity index (χ0v) is 13.1. The Kier molecular flexibility index (Phi) is 5.58. The molecule has 0 unspecified atom stereocenters. The molecule has 1 aromatic rings. The van der Waals surface area contributed by atoms with Crippen LogP contribution >= 0.6 is 0 Å². The molecule has 0 spiro atoms. The van der Waals surface area contributed by atoms with Crippen LogP contribution in [0.3, 0.4) is 0 Å². The van der Waals surface area contributed by atoms with Crippen molar-refractivity contribution in [3.05, 3.63) is 41.5 Å². The second-order valence-corrected chi connectivity index (χ2v) is 5.87. The maximum atomic E-state index is 12.7. The molecule has 0 aliphatic rings. The highest BCUT2D eigenvalue weighted by Crippen LogP contribution is 2.30. The summed E-state index contributed by atoms with van der Waals surface area (Å²) in [5.41, 5.74) is 4.18. The first-order valence-electron chi connectivity index (χ1n) is 6.87. The minimum atomic E-state index is -4.44. The fraction of sp³-hybridized carbons (Fsp3) is 0.375. The molecule has 0 aromatic heterocycles. The van der Waals surface area contributed by atoms with E-state index in [9.17, 15) is 22.8 Å². The largest absolute Gasteiger partial charge is 0.416 e. The van der Waals surface area contributed by atoms with Crippen molar-refractivity contribution >= 4 is 17.4 Å². The third kappa shape index (κ3) is 5.43. The van der Waals surface area contributed by atoms with Crippen molar-refractivity contribution in [2.45, 2.75) is 26.9 Å². The average molecular weight is 328 g/mol. The Balaban J connectivity index is 2.85. The fourth-order valence-electron chi connectivity index (χ4n) is 1.67. The molecule has 4 nitrogen and oxygen atoms in total. The highest BCUT2D eigenvalue weighted by Gasteiger charge is 2.30. The van der Waals surface area contributed by atoms with E-state index >= 15 is 0 Å². The van der Waals surface area contributed by atoms with E-state index in [2.05, 4.69) is 5.32 Å². The van der Waals surface area contributed by atoms with Gasteiger partial charge in [-0.3, -0.25) is 9.59 Å². The van der Waals surface area contributed by atoms with E-state index in [0.29, 0.717) is 11.1 Å². The van der Waals surface area contributed by atoms with Crippen LogP contribution in [0.1, 0.15) is 31.9 Å². The average Bonchev–Trinajstić information content (AvgIpc) is 2.44. The smallest absolute Gasteiger partial charge is 0.369 e. The molecular weight excluding hydrogens is 309 g/mol. The first kappa shape index (κ1) is 18.7. The first-order valence-corrected chi connectivity index (χ1v) is 6.87. The summed E-state index contributed by atoms with van der Waals surface area (Å²) in [5, 5.41) is 2.51. The van der Waals surface area contributed by atoms with Crippen LogP contribution in [0.5, 0.6) is 0 Å². The molecule has 7 heteroatoms. The molecule has 0 fully saturated rings. The number of carbonyl (C=O) groups is 2. The lowest BCUT2D eigenvalue weighted by atomic mass is 9.93. The zero-order chi connectivity index (χ0) is 17.8. The summed E-state index contributed by atoms with van der Waals surface area (Å²) in [5.74, 6) is -1.06. The number of nitrogens with one attached hydrogen (secondary N) is 1. The van der Waals surface area contributed by atoms with E-state index in [-0.39, 0.29) is 6.54 Å². The van der Waals surface area contributed by atoms with Crippen molar-refractivity contribution in [3.63, 3.8) is 0 Å². The molecule has 126 valence electrons. The van der Waals surface area contributed by atoms with Gasteiger partial charge in [0.15, 0.2) is 0 Å². The van der Waals surface area contributed by atoms with Gasteiger partial charge in [0.1, 0.15) is 0 Å². The number of alkyl halides is 3. The zero-order valence-electron chi connectivity index (χ0n) is 13.1. The van der Waals surface area contributed by atoms with Gasteiger partial charge in [-0.1, -0.05) is 12.1 Å². The summed E-state index contributed by atoms with van der Waals surface area (Å²) in [6, 6.07) is 4.71. The van der Waals surface area contributed by atoms with E-state index in [1.165, 1.54) is 25.1 Å². The van der Waals surface area contributed by atoms with Gasteiger partial charge in [-0.15, -0.1) is 0 Å². The molecule has 3 N–H and O–H groups in total. The molecule has 0 saturated carbocycles. The monoisotopic (exact) mass is 328 g/mol. The van der Waals surface area contributed by atoms with Gasteiger partial charge < -0.3 is 11.1 Å². The molecule has 1 rings (SSSR count). The van der Waals surface area contributed by atoms with Crippen LogP contribution < -0.4 is 11.1 Å². The number of carbonyl (C=O) groups excluding carboxylic acids is 2. The van der Waals surface area contributed by atoms with E-state index in [0.717, 1.165) is 12.1 Å². The molecule has 1 aromatic carbocycles. The summed E-state index contributed by atoms with van der Waals surface area (Å²) in [7, 11) is 0. The van der Waals surface area contributed by atoms with Gasteiger partial charge in [0.2, 0.25) is 11.8 Å². The molecule has 2 amide bonds. The molecule has 0 aliphatic carbocycles. The highest BCUT2D eigenvalue weighted by molar-refractivity contribution is 5.95.